The van der Waals surface area contributed by atoms with Crippen LogP contribution < -0.4 is 20.1 Å². The summed E-state index contributed by atoms with van der Waals surface area (Å²) in [5.74, 6) is 0.541. The molecule has 1 atom stereocenters. The Balaban J connectivity index is 1.73. The van der Waals surface area contributed by atoms with E-state index in [9.17, 15) is 9.59 Å². The number of benzene rings is 2. The maximum atomic E-state index is 12.5. The monoisotopic (exact) mass is 340 g/mol. The number of fused-ring (bicyclic) bond motifs is 1. The number of carbonyl (C=O) groups is 2. The van der Waals surface area contributed by atoms with E-state index in [0.29, 0.717) is 22.7 Å². The highest BCUT2D eigenvalue weighted by atomic mass is 16.6. The van der Waals surface area contributed by atoms with Gasteiger partial charge < -0.3 is 20.1 Å². The van der Waals surface area contributed by atoms with E-state index in [1.807, 2.05) is 26.0 Å². The van der Waals surface area contributed by atoms with Crippen LogP contribution in [-0.2, 0) is 4.79 Å². The molecule has 2 N–H and O–H groups in total. The molecule has 0 saturated heterocycles. The summed E-state index contributed by atoms with van der Waals surface area (Å²) in [6.45, 7) is 3.87. The van der Waals surface area contributed by atoms with Gasteiger partial charge in [-0.2, -0.15) is 0 Å². The van der Waals surface area contributed by atoms with Crippen LogP contribution in [0.5, 0.6) is 11.5 Å². The maximum absolute atomic E-state index is 12.5. The Bertz CT molecular complexity index is 788. The predicted octanol–water partition coefficient (Wildman–Crippen LogP) is 2.60. The van der Waals surface area contributed by atoms with Gasteiger partial charge in [0, 0.05) is 6.04 Å². The molecular weight excluding hydrogens is 320 g/mol. The first-order chi connectivity index (χ1) is 12.0. The fourth-order valence-corrected chi connectivity index (χ4v) is 2.49. The minimum atomic E-state index is -0.781. The summed E-state index contributed by atoms with van der Waals surface area (Å²) in [6, 6.07) is 14.1. The average molecular weight is 340 g/mol. The minimum Gasteiger partial charge on any atom is -0.485 e. The molecule has 2 amide bonds. The number of anilines is 1. The van der Waals surface area contributed by atoms with Crippen molar-refractivity contribution in [3.05, 3.63) is 54.1 Å². The van der Waals surface area contributed by atoms with Gasteiger partial charge in [-0.05, 0) is 38.1 Å². The van der Waals surface area contributed by atoms with Crippen molar-refractivity contribution in [2.45, 2.75) is 26.0 Å². The van der Waals surface area contributed by atoms with Gasteiger partial charge in [0.1, 0.15) is 6.61 Å². The fourth-order valence-electron chi connectivity index (χ4n) is 2.49. The van der Waals surface area contributed by atoms with Gasteiger partial charge in [0.25, 0.3) is 11.8 Å². The first kappa shape index (κ1) is 16.8. The summed E-state index contributed by atoms with van der Waals surface area (Å²) in [6.07, 6.45) is -0.781. The minimum absolute atomic E-state index is 0.00263. The number of amides is 2. The summed E-state index contributed by atoms with van der Waals surface area (Å²) < 4.78 is 11.3. The van der Waals surface area contributed by atoms with Crippen LogP contribution in [0.4, 0.5) is 5.69 Å². The molecule has 0 spiro atoms. The van der Waals surface area contributed by atoms with E-state index in [4.69, 9.17) is 9.47 Å². The van der Waals surface area contributed by atoms with Crippen LogP contribution in [-0.4, -0.2) is 30.6 Å². The third-order valence-electron chi connectivity index (χ3n) is 3.65. The van der Waals surface area contributed by atoms with E-state index >= 15 is 0 Å². The molecule has 0 radical (unpaired) electrons. The third-order valence-corrected chi connectivity index (χ3v) is 3.65. The molecule has 2 aromatic rings. The van der Waals surface area contributed by atoms with Gasteiger partial charge >= 0.3 is 0 Å². The van der Waals surface area contributed by atoms with Crippen molar-refractivity contribution in [2.24, 2.45) is 0 Å². The molecule has 2 aromatic carbocycles. The summed E-state index contributed by atoms with van der Waals surface area (Å²) in [5.41, 5.74) is 0.842. The number of nitrogens with one attached hydrogen (secondary N) is 2. The molecule has 6 nitrogen and oxygen atoms in total. The van der Waals surface area contributed by atoms with E-state index in [0.717, 1.165) is 0 Å². The van der Waals surface area contributed by atoms with Crippen molar-refractivity contribution in [2.75, 3.05) is 11.9 Å². The number of ether oxygens (including phenoxy) is 2. The largest absolute Gasteiger partial charge is 0.485 e. The van der Waals surface area contributed by atoms with E-state index in [-0.39, 0.29) is 24.5 Å². The molecule has 0 unspecified atom stereocenters. The van der Waals surface area contributed by atoms with Crippen LogP contribution in [0.3, 0.4) is 0 Å². The molecule has 6 heteroatoms. The van der Waals surface area contributed by atoms with Gasteiger partial charge in [-0.15, -0.1) is 0 Å². The van der Waals surface area contributed by atoms with Gasteiger partial charge in [0.15, 0.2) is 11.5 Å². The smallest absolute Gasteiger partial charge is 0.269 e. The molecule has 130 valence electrons. The number of rotatable bonds is 4. The van der Waals surface area contributed by atoms with Crippen molar-refractivity contribution in [3.63, 3.8) is 0 Å². The van der Waals surface area contributed by atoms with Gasteiger partial charge in [-0.25, -0.2) is 0 Å². The van der Waals surface area contributed by atoms with Crippen molar-refractivity contribution in [1.29, 1.82) is 0 Å². The molecule has 0 fully saturated rings. The Hall–Kier alpha value is -3.02. The fraction of sp³-hybridized carbons (Fsp3) is 0.263. The lowest BCUT2D eigenvalue weighted by Crippen LogP contribution is -2.40. The molecule has 1 aliphatic rings. The van der Waals surface area contributed by atoms with Gasteiger partial charge in [-0.1, -0.05) is 24.3 Å². The SMILES string of the molecule is CC(C)NC(=O)c1ccccc1NC(=O)[C@@H]1COc2ccccc2O1. The van der Waals surface area contributed by atoms with Crippen molar-refractivity contribution in [3.8, 4) is 11.5 Å². The van der Waals surface area contributed by atoms with E-state index in [1.54, 1.807) is 36.4 Å². The second-order valence-corrected chi connectivity index (χ2v) is 6.03. The molecule has 3 rings (SSSR count). The summed E-state index contributed by atoms with van der Waals surface area (Å²) in [7, 11) is 0. The van der Waals surface area contributed by atoms with Gasteiger partial charge in [-0.3, -0.25) is 9.59 Å². The maximum Gasteiger partial charge on any atom is 0.269 e. The van der Waals surface area contributed by atoms with E-state index < -0.39 is 6.10 Å². The van der Waals surface area contributed by atoms with Crippen LogP contribution in [0.1, 0.15) is 24.2 Å². The molecule has 1 aliphatic heterocycles. The molecule has 0 aromatic heterocycles. The zero-order chi connectivity index (χ0) is 17.8. The van der Waals surface area contributed by atoms with Crippen LogP contribution >= 0.6 is 0 Å². The summed E-state index contributed by atoms with van der Waals surface area (Å²) in [4.78, 5) is 24.8. The molecule has 0 aliphatic carbocycles. The lowest BCUT2D eigenvalue weighted by atomic mass is 10.1. The predicted molar refractivity (Wildman–Crippen MR) is 94.0 cm³/mol. The van der Waals surface area contributed by atoms with Crippen molar-refractivity contribution >= 4 is 17.5 Å². The molecule has 1 heterocycles. The molecule has 0 bridgehead atoms. The standard InChI is InChI=1S/C19H20N2O4/c1-12(2)20-18(22)13-7-3-4-8-14(13)21-19(23)17-11-24-15-9-5-6-10-16(15)25-17/h3-10,12,17H,11H2,1-2H3,(H,20,22)(H,21,23)/t17-/m0/s1. The van der Waals surface area contributed by atoms with E-state index in [2.05, 4.69) is 10.6 Å². The van der Waals surface area contributed by atoms with Crippen molar-refractivity contribution in [1.82, 2.24) is 5.32 Å². The summed E-state index contributed by atoms with van der Waals surface area (Å²) in [5, 5.41) is 5.58. The lowest BCUT2D eigenvalue weighted by Gasteiger charge is -2.25. The second-order valence-electron chi connectivity index (χ2n) is 6.03. The highest BCUT2D eigenvalue weighted by Crippen LogP contribution is 2.31. The van der Waals surface area contributed by atoms with Crippen LogP contribution in [0.25, 0.3) is 0 Å². The van der Waals surface area contributed by atoms with Crippen molar-refractivity contribution < 1.29 is 19.1 Å². The lowest BCUT2D eigenvalue weighted by molar-refractivity contribution is -0.125. The highest BCUT2D eigenvalue weighted by molar-refractivity contribution is 6.04. The molecular formula is C19H20N2O4. The average Bonchev–Trinajstić information content (AvgIpc) is 2.61. The van der Waals surface area contributed by atoms with Crippen LogP contribution in [0, 0.1) is 0 Å². The highest BCUT2D eigenvalue weighted by Gasteiger charge is 2.28. The quantitative estimate of drug-likeness (QED) is 0.897. The van der Waals surface area contributed by atoms with Crippen LogP contribution in [0.15, 0.2) is 48.5 Å². The van der Waals surface area contributed by atoms with E-state index in [1.165, 1.54) is 0 Å². The van der Waals surface area contributed by atoms with Gasteiger partial charge in [0.05, 0.1) is 11.3 Å². The van der Waals surface area contributed by atoms with Crippen LogP contribution in [0.2, 0.25) is 0 Å². The Labute approximate surface area is 146 Å². The Kier molecular flexibility index (Phi) is 4.88. The molecule has 25 heavy (non-hydrogen) atoms. The first-order valence-electron chi connectivity index (χ1n) is 8.14. The number of hydrogen-bond donors (Lipinski definition) is 2. The first-order valence-corrected chi connectivity index (χ1v) is 8.14. The third kappa shape index (κ3) is 3.91. The number of para-hydroxylation sites is 3. The summed E-state index contributed by atoms with van der Waals surface area (Å²) >= 11 is 0. The number of hydrogen-bond acceptors (Lipinski definition) is 4. The molecule has 0 saturated carbocycles. The zero-order valence-corrected chi connectivity index (χ0v) is 14.1. The number of carbonyl (C=O) groups excluding carboxylic acids is 2. The topological polar surface area (TPSA) is 76.7 Å². The Morgan fingerprint density at radius 1 is 1.04 bits per heavy atom. The zero-order valence-electron chi connectivity index (χ0n) is 14.1. The van der Waals surface area contributed by atoms with Gasteiger partial charge in [0.2, 0.25) is 6.10 Å². The second kappa shape index (κ2) is 7.25. The Morgan fingerprint density at radius 3 is 2.48 bits per heavy atom. The normalized spacial score (nSPS) is 15.6. The Morgan fingerprint density at radius 2 is 1.72 bits per heavy atom.